The Morgan fingerprint density at radius 2 is 2.24 bits per heavy atom. The van der Waals surface area contributed by atoms with Crippen LogP contribution < -0.4 is 10.2 Å². The van der Waals surface area contributed by atoms with Gasteiger partial charge in [0, 0.05) is 49.2 Å². The molecule has 0 amide bonds. The summed E-state index contributed by atoms with van der Waals surface area (Å²) in [7, 11) is 4.16. The first-order valence-electron chi connectivity index (χ1n) is 7.32. The minimum Gasteiger partial charge on any atom is -0.367 e. The zero-order valence-corrected chi connectivity index (χ0v) is 14.1. The third-order valence-electron chi connectivity index (χ3n) is 3.91. The summed E-state index contributed by atoms with van der Waals surface area (Å²) in [6.07, 6.45) is 6.46. The minimum atomic E-state index is 0.719. The Kier molecular flexibility index (Phi) is 4.31. The second-order valence-corrected chi connectivity index (χ2v) is 6.65. The lowest BCUT2D eigenvalue weighted by Crippen LogP contribution is -2.23. The van der Waals surface area contributed by atoms with Gasteiger partial charge < -0.3 is 14.8 Å². The van der Waals surface area contributed by atoms with Crippen LogP contribution in [-0.2, 0) is 20.1 Å². The number of hydrogen-bond donors (Lipinski definition) is 1. The molecule has 4 nitrogen and oxygen atoms in total. The molecule has 112 valence electrons. The maximum Gasteiger partial charge on any atom is 0.127 e. The van der Waals surface area contributed by atoms with Crippen molar-refractivity contribution in [2.45, 2.75) is 32.0 Å². The lowest BCUT2D eigenvalue weighted by Gasteiger charge is -2.23. The second kappa shape index (κ2) is 6.20. The van der Waals surface area contributed by atoms with Crippen molar-refractivity contribution in [1.82, 2.24) is 14.9 Å². The Labute approximate surface area is 134 Å². The molecule has 21 heavy (non-hydrogen) atoms. The molecule has 1 N–H and O–H groups in total. The summed E-state index contributed by atoms with van der Waals surface area (Å²) in [6, 6.07) is 7.21. The van der Waals surface area contributed by atoms with Gasteiger partial charge in [0.15, 0.2) is 0 Å². The first-order chi connectivity index (χ1) is 10.1. The van der Waals surface area contributed by atoms with E-state index in [4.69, 9.17) is 0 Å². The highest BCUT2D eigenvalue weighted by Crippen LogP contribution is 2.26. The van der Waals surface area contributed by atoms with Crippen LogP contribution in [0.25, 0.3) is 0 Å². The van der Waals surface area contributed by atoms with Crippen LogP contribution in [0.15, 0.2) is 35.1 Å². The number of anilines is 1. The second-order valence-electron chi connectivity index (χ2n) is 5.74. The van der Waals surface area contributed by atoms with Crippen molar-refractivity contribution in [3.63, 3.8) is 0 Å². The molecule has 5 heteroatoms. The number of imidazole rings is 1. The first-order valence-corrected chi connectivity index (χ1v) is 8.12. The van der Waals surface area contributed by atoms with Crippen LogP contribution in [-0.4, -0.2) is 22.6 Å². The van der Waals surface area contributed by atoms with Gasteiger partial charge >= 0.3 is 0 Å². The molecule has 3 rings (SSSR count). The van der Waals surface area contributed by atoms with Crippen LogP contribution in [0.2, 0.25) is 0 Å². The number of rotatable bonds is 6. The van der Waals surface area contributed by atoms with Gasteiger partial charge in [-0.3, -0.25) is 0 Å². The Bertz CT molecular complexity index is 618. The first kappa shape index (κ1) is 14.6. The molecule has 1 aromatic carbocycles. The summed E-state index contributed by atoms with van der Waals surface area (Å²) in [6.45, 7) is 1.73. The van der Waals surface area contributed by atoms with Crippen molar-refractivity contribution < 1.29 is 0 Å². The molecule has 1 aliphatic carbocycles. The topological polar surface area (TPSA) is 33.1 Å². The van der Waals surface area contributed by atoms with Crippen molar-refractivity contribution in [3.05, 3.63) is 46.5 Å². The maximum atomic E-state index is 4.41. The van der Waals surface area contributed by atoms with E-state index >= 15 is 0 Å². The molecule has 0 aliphatic heterocycles. The van der Waals surface area contributed by atoms with Crippen LogP contribution >= 0.6 is 15.9 Å². The largest absolute Gasteiger partial charge is 0.367 e. The van der Waals surface area contributed by atoms with Crippen LogP contribution in [0.5, 0.6) is 0 Å². The summed E-state index contributed by atoms with van der Waals surface area (Å²) >= 11 is 3.58. The van der Waals surface area contributed by atoms with E-state index in [0.29, 0.717) is 0 Å². The molecule has 0 atom stereocenters. The molecule has 2 aromatic rings. The van der Waals surface area contributed by atoms with Gasteiger partial charge in [-0.1, -0.05) is 15.9 Å². The van der Waals surface area contributed by atoms with E-state index in [1.54, 1.807) is 0 Å². The van der Waals surface area contributed by atoms with Gasteiger partial charge in [0.2, 0.25) is 0 Å². The fraction of sp³-hybridized carbons (Fsp3) is 0.438. The minimum absolute atomic E-state index is 0.719. The van der Waals surface area contributed by atoms with Crippen molar-refractivity contribution in [1.29, 1.82) is 0 Å². The van der Waals surface area contributed by atoms with Gasteiger partial charge in [-0.25, -0.2) is 4.98 Å². The molecule has 1 heterocycles. The Hall–Kier alpha value is -1.33. The summed E-state index contributed by atoms with van der Waals surface area (Å²) in [5.41, 5.74) is 2.59. The molecule has 1 aromatic heterocycles. The molecule has 1 fully saturated rings. The van der Waals surface area contributed by atoms with Crippen LogP contribution in [0, 0.1) is 0 Å². The van der Waals surface area contributed by atoms with Crippen LogP contribution in [0.1, 0.15) is 24.2 Å². The summed E-state index contributed by atoms with van der Waals surface area (Å²) in [4.78, 5) is 6.67. The SMILES string of the molecule is CN(Cc1nccn1C)c1ccc(Br)cc1CNC1CC1. The average molecular weight is 349 g/mol. The highest BCUT2D eigenvalue weighted by atomic mass is 79.9. The van der Waals surface area contributed by atoms with Gasteiger partial charge in [0.1, 0.15) is 5.82 Å². The standard InChI is InChI=1S/C16H21BrN4/c1-20-8-7-18-16(20)11-21(2)15-6-3-13(17)9-12(15)10-19-14-4-5-14/h3,6-9,14,19H,4-5,10-11H2,1-2H3. The maximum absolute atomic E-state index is 4.41. The lowest BCUT2D eigenvalue weighted by atomic mass is 10.1. The predicted octanol–water partition coefficient (Wildman–Crippen LogP) is 3.07. The van der Waals surface area contributed by atoms with E-state index in [1.165, 1.54) is 24.1 Å². The zero-order chi connectivity index (χ0) is 14.8. The number of nitrogens with zero attached hydrogens (tertiary/aromatic N) is 3. The zero-order valence-electron chi connectivity index (χ0n) is 12.5. The normalized spacial score (nSPS) is 14.4. The summed E-state index contributed by atoms with van der Waals surface area (Å²) in [5.74, 6) is 1.07. The van der Waals surface area contributed by atoms with E-state index in [-0.39, 0.29) is 0 Å². The van der Waals surface area contributed by atoms with E-state index < -0.39 is 0 Å². The number of aromatic nitrogens is 2. The smallest absolute Gasteiger partial charge is 0.127 e. The van der Waals surface area contributed by atoms with Crippen molar-refractivity contribution in [2.75, 3.05) is 11.9 Å². The fourth-order valence-corrected chi connectivity index (χ4v) is 2.86. The van der Waals surface area contributed by atoms with Crippen molar-refractivity contribution in [3.8, 4) is 0 Å². The highest BCUT2D eigenvalue weighted by molar-refractivity contribution is 9.10. The summed E-state index contributed by atoms with van der Waals surface area (Å²) < 4.78 is 3.20. The molecule has 0 unspecified atom stereocenters. The molecule has 0 saturated heterocycles. The Balaban J connectivity index is 1.77. The van der Waals surface area contributed by atoms with Gasteiger partial charge in [-0.15, -0.1) is 0 Å². The van der Waals surface area contributed by atoms with Crippen molar-refractivity contribution >= 4 is 21.6 Å². The van der Waals surface area contributed by atoms with E-state index in [2.05, 4.69) is 60.9 Å². The number of aryl methyl sites for hydroxylation is 1. The summed E-state index contributed by atoms with van der Waals surface area (Å²) in [5, 5.41) is 3.60. The molecule has 1 saturated carbocycles. The Morgan fingerprint density at radius 3 is 2.90 bits per heavy atom. The number of nitrogens with one attached hydrogen (secondary N) is 1. The highest BCUT2D eigenvalue weighted by Gasteiger charge is 2.21. The van der Waals surface area contributed by atoms with Gasteiger partial charge in [0.05, 0.1) is 6.54 Å². The van der Waals surface area contributed by atoms with Crippen LogP contribution in [0.4, 0.5) is 5.69 Å². The molecular weight excluding hydrogens is 328 g/mol. The third-order valence-corrected chi connectivity index (χ3v) is 4.40. The third kappa shape index (κ3) is 3.66. The number of halogens is 1. The van der Waals surface area contributed by atoms with E-state index in [0.717, 1.165) is 29.4 Å². The molecular formula is C16H21BrN4. The quantitative estimate of drug-likeness (QED) is 0.870. The lowest BCUT2D eigenvalue weighted by molar-refractivity contribution is 0.683. The van der Waals surface area contributed by atoms with Crippen molar-refractivity contribution in [2.24, 2.45) is 7.05 Å². The average Bonchev–Trinajstić information content (AvgIpc) is 3.20. The Morgan fingerprint density at radius 1 is 1.43 bits per heavy atom. The van der Waals surface area contributed by atoms with Gasteiger partial charge in [-0.2, -0.15) is 0 Å². The number of benzene rings is 1. The predicted molar refractivity (Wildman–Crippen MR) is 89.3 cm³/mol. The molecule has 0 bridgehead atoms. The van der Waals surface area contributed by atoms with Crippen LogP contribution in [0.3, 0.4) is 0 Å². The number of hydrogen-bond acceptors (Lipinski definition) is 3. The molecule has 1 aliphatic rings. The fourth-order valence-electron chi connectivity index (χ4n) is 2.46. The monoisotopic (exact) mass is 348 g/mol. The van der Waals surface area contributed by atoms with E-state index in [9.17, 15) is 0 Å². The van der Waals surface area contributed by atoms with E-state index in [1.807, 2.05) is 19.4 Å². The molecule has 0 radical (unpaired) electrons. The molecule has 0 spiro atoms. The van der Waals surface area contributed by atoms with Gasteiger partial charge in [-0.05, 0) is 36.6 Å². The van der Waals surface area contributed by atoms with Gasteiger partial charge in [0.25, 0.3) is 0 Å².